The number of nitrogens with two attached hydrogens (primary N) is 2. The molecule has 0 spiro atoms. The van der Waals surface area contributed by atoms with Crippen LogP contribution in [-0.4, -0.2) is 5.91 Å². The van der Waals surface area contributed by atoms with Gasteiger partial charge >= 0.3 is 0 Å². The number of hydrogen-bond acceptors (Lipinski definition) is 3. The molecule has 0 aromatic heterocycles. The summed E-state index contributed by atoms with van der Waals surface area (Å²) in [5, 5.41) is 0. The van der Waals surface area contributed by atoms with Crippen LogP contribution in [0.3, 0.4) is 0 Å². The molecule has 1 amide bonds. The van der Waals surface area contributed by atoms with Crippen molar-refractivity contribution in [2.75, 3.05) is 0 Å². The highest BCUT2D eigenvalue weighted by molar-refractivity contribution is 5.92. The van der Waals surface area contributed by atoms with Crippen molar-refractivity contribution >= 4 is 5.91 Å². The van der Waals surface area contributed by atoms with E-state index in [1.807, 2.05) is 24.3 Å². The molecule has 0 saturated carbocycles. The maximum absolute atomic E-state index is 10.9. The van der Waals surface area contributed by atoms with Crippen molar-refractivity contribution in [3.05, 3.63) is 59.7 Å². The van der Waals surface area contributed by atoms with Crippen LogP contribution in [0.1, 0.15) is 15.9 Å². The fraction of sp³-hybridized carbons (Fsp3) is 0.0714. The van der Waals surface area contributed by atoms with Gasteiger partial charge < -0.3 is 16.2 Å². The van der Waals surface area contributed by atoms with Crippen LogP contribution < -0.4 is 16.2 Å². The van der Waals surface area contributed by atoms with E-state index >= 15 is 0 Å². The van der Waals surface area contributed by atoms with Crippen LogP contribution in [0.25, 0.3) is 0 Å². The molecule has 0 radical (unpaired) electrons. The second-order valence-corrected chi connectivity index (χ2v) is 3.84. The molecule has 18 heavy (non-hydrogen) atoms. The lowest BCUT2D eigenvalue weighted by Crippen LogP contribution is -2.10. The first kappa shape index (κ1) is 12.1. The number of hydrogen-bond donors (Lipinski definition) is 2. The molecular formula is C14H14N2O2. The summed E-state index contributed by atoms with van der Waals surface area (Å²) >= 11 is 0. The maximum atomic E-state index is 10.9. The summed E-state index contributed by atoms with van der Waals surface area (Å²) in [4.78, 5) is 10.9. The zero-order valence-electron chi connectivity index (χ0n) is 9.80. The minimum absolute atomic E-state index is 0.450. The average Bonchev–Trinajstić information content (AvgIpc) is 2.40. The first-order chi connectivity index (χ1) is 8.69. The van der Waals surface area contributed by atoms with Gasteiger partial charge in [0.1, 0.15) is 11.5 Å². The minimum Gasteiger partial charge on any atom is -0.457 e. The Balaban J connectivity index is 2.10. The van der Waals surface area contributed by atoms with Gasteiger partial charge in [-0.2, -0.15) is 0 Å². The van der Waals surface area contributed by atoms with E-state index in [0.29, 0.717) is 17.9 Å². The summed E-state index contributed by atoms with van der Waals surface area (Å²) in [6.45, 7) is 0.508. The molecule has 2 aromatic carbocycles. The number of carbonyl (C=O) groups excluding carboxylic acids is 1. The van der Waals surface area contributed by atoms with E-state index in [0.717, 1.165) is 11.3 Å². The van der Waals surface area contributed by atoms with Gasteiger partial charge in [-0.3, -0.25) is 4.79 Å². The maximum Gasteiger partial charge on any atom is 0.248 e. The summed E-state index contributed by atoms with van der Waals surface area (Å²) in [7, 11) is 0. The lowest BCUT2D eigenvalue weighted by molar-refractivity contribution is 0.100. The molecule has 2 rings (SSSR count). The van der Waals surface area contributed by atoms with Crippen LogP contribution >= 0.6 is 0 Å². The van der Waals surface area contributed by atoms with E-state index < -0.39 is 5.91 Å². The molecule has 0 aliphatic rings. The smallest absolute Gasteiger partial charge is 0.248 e. The summed E-state index contributed by atoms with van der Waals surface area (Å²) in [5.74, 6) is 0.924. The van der Waals surface area contributed by atoms with Crippen LogP contribution in [0.2, 0.25) is 0 Å². The monoisotopic (exact) mass is 242 g/mol. The molecule has 0 heterocycles. The Hall–Kier alpha value is -2.33. The average molecular weight is 242 g/mol. The lowest BCUT2D eigenvalue weighted by atomic mass is 10.2. The van der Waals surface area contributed by atoms with E-state index in [4.69, 9.17) is 16.2 Å². The third-order valence-electron chi connectivity index (χ3n) is 2.53. The first-order valence-corrected chi connectivity index (χ1v) is 5.56. The van der Waals surface area contributed by atoms with Crippen molar-refractivity contribution in [3.63, 3.8) is 0 Å². The van der Waals surface area contributed by atoms with Gasteiger partial charge in [0.2, 0.25) is 5.91 Å². The quantitative estimate of drug-likeness (QED) is 0.861. The molecule has 0 bridgehead atoms. The summed E-state index contributed by atoms with van der Waals surface area (Å²) in [6, 6.07) is 14.2. The van der Waals surface area contributed by atoms with Crippen molar-refractivity contribution in [1.82, 2.24) is 0 Å². The van der Waals surface area contributed by atoms with Crippen molar-refractivity contribution in [3.8, 4) is 11.5 Å². The second-order valence-electron chi connectivity index (χ2n) is 3.84. The van der Waals surface area contributed by atoms with Crippen molar-refractivity contribution in [1.29, 1.82) is 0 Å². The molecule has 0 saturated heterocycles. The number of benzene rings is 2. The molecule has 92 valence electrons. The molecule has 4 heteroatoms. The Bertz CT molecular complexity index is 533. The van der Waals surface area contributed by atoms with Gasteiger partial charge in [-0.25, -0.2) is 0 Å². The zero-order chi connectivity index (χ0) is 13.0. The molecule has 4 nitrogen and oxygen atoms in total. The van der Waals surface area contributed by atoms with Gasteiger partial charge in [-0.1, -0.05) is 12.1 Å². The summed E-state index contributed by atoms with van der Waals surface area (Å²) < 4.78 is 5.62. The van der Waals surface area contributed by atoms with Crippen molar-refractivity contribution in [2.45, 2.75) is 6.54 Å². The number of ether oxygens (including phenoxy) is 1. The molecule has 0 unspecified atom stereocenters. The standard InChI is InChI=1S/C14H14N2O2/c15-9-10-1-5-12(6-2-10)18-13-7-3-11(4-8-13)14(16)17/h1-8H,9,15H2,(H2,16,17). The van der Waals surface area contributed by atoms with E-state index in [2.05, 4.69) is 0 Å². The summed E-state index contributed by atoms with van der Waals surface area (Å²) in [6.07, 6.45) is 0. The summed E-state index contributed by atoms with van der Waals surface area (Å²) in [5.41, 5.74) is 12.2. The van der Waals surface area contributed by atoms with Crippen LogP contribution in [0.5, 0.6) is 11.5 Å². The Kier molecular flexibility index (Phi) is 3.60. The third-order valence-corrected chi connectivity index (χ3v) is 2.53. The predicted octanol–water partition coefficient (Wildman–Crippen LogP) is 2.04. The number of carbonyl (C=O) groups is 1. The molecule has 4 N–H and O–H groups in total. The predicted molar refractivity (Wildman–Crippen MR) is 69.4 cm³/mol. The molecule has 0 fully saturated rings. The van der Waals surface area contributed by atoms with Gasteiger partial charge in [-0.15, -0.1) is 0 Å². The fourth-order valence-electron chi connectivity index (χ4n) is 1.52. The molecule has 0 aliphatic heterocycles. The highest BCUT2D eigenvalue weighted by Gasteiger charge is 2.01. The first-order valence-electron chi connectivity index (χ1n) is 5.56. The topological polar surface area (TPSA) is 78.3 Å². The van der Waals surface area contributed by atoms with E-state index in [9.17, 15) is 4.79 Å². The Morgan fingerprint density at radius 1 is 0.944 bits per heavy atom. The SMILES string of the molecule is NCc1ccc(Oc2ccc(C(N)=O)cc2)cc1. The lowest BCUT2D eigenvalue weighted by Gasteiger charge is -2.06. The van der Waals surface area contributed by atoms with Crippen LogP contribution in [0.15, 0.2) is 48.5 Å². The van der Waals surface area contributed by atoms with Gasteiger partial charge in [0.05, 0.1) is 0 Å². The van der Waals surface area contributed by atoms with E-state index in [1.54, 1.807) is 24.3 Å². The minimum atomic E-state index is -0.450. The normalized spacial score (nSPS) is 10.1. The van der Waals surface area contributed by atoms with Gasteiger partial charge in [0, 0.05) is 12.1 Å². The van der Waals surface area contributed by atoms with Gasteiger partial charge in [0.25, 0.3) is 0 Å². The van der Waals surface area contributed by atoms with Crippen LogP contribution in [-0.2, 0) is 6.54 Å². The van der Waals surface area contributed by atoms with Gasteiger partial charge in [0.15, 0.2) is 0 Å². The number of primary amides is 1. The highest BCUT2D eigenvalue weighted by atomic mass is 16.5. The molecule has 0 aliphatic carbocycles. The van der Waals surface area contributed by atoms with E-state index in [-0.39, 0.29) is 0 Å². The van der Waals surface area contributed by atoms with Crippen molar-refractivity contribution < 1.29 is 9.53 Å². The fourth-order valence-corrected chi connectivity index (χ4v) is 1.52. The Morgan fingerprint density at radius 2 is 1.44 bits per heavy atom. The molecular weight excluding hydrogens is 228 g/mol. The largest absolute Gasteiger partial charge is 0.457 e. The van der Waals surface area contributed by atoms with Crippen LogP contribution in [0.4, 0.5) is 0 Å². The number of rotatable bonds is 4. The Labute approximate surface area is 105 Å². The molecule has 0 atom stereocenters. The van der Waals surface area contributed by atoms with Gasteiger partial charge in [-0.05, 0) is 42.0 Å². The Morgan fingerprint density at radius 3 is 1.89 bits per heavy atom. The highest BCUT2D eigenvalue weighted by Crippen LogP contribution is 2.21. The zero-order valence-corrected chi connectivity index (χ0v) is 9.80. The van der Waals surface area contributed by atoms with Crippen LogP contribution in [0, 0.1) is 0 Å². The second kappa shape index (κ2) is 5.33. The number of amides is 1. The molecule has 2 aromatic rings. The third kappa shape index (κ3) is 2.87. The van der Waals surface area contributed by atoms with E-state index in [1.165, 1.54) is 0 Å². The van der Waals surface area contributed by atoms with Crippen molar-refractivity contribution in [2.24, 2.45) is 11.5 Å².